The van der Waals surface area contributed by atoms with E-state index < -0.39 is 73.5 Å². The normalized spacial score (nSPS) is 23.5. The summed E-state index contributed by atoms with van der Waals surface area (Å²) in [6.45, 7) is 5.21. The average Bonchev–Trinajstić information content (AvgIpc) is 3.14. The third-order valence-corrected chi connectivity index (χ3v) is 10.1. The predicted molar refractivity (Wildman–Crippen MR) is 203 cm³/mol. The van der Waals surface area contributed by atoms with Gasteiger partial charge in [0.2, 0.25) is 5.91 Å². The average molecular weight is 764 g/mol. The van der Waals surface area contributed by atoms with E-state index in [0.717, 1.165) is 51.9 Å². The van der Waals surface area contributed by atoms with Crippen molar-refractivity contribution in [2.24, 2.45) is 0 Å². The Morgan fingerprint density at radius 2 is 1.17 bits per heavy atom. The zero-order valence-corrected chi connectivity index (χ0v) is 33.3. The largest absolute Gasteiger partial charge is 0.477 e. The zero-order chi connectivity index (χ0) is 39.3. The maximum atomic E-state index is 12.7. The highest BCUT2D eigenvalue weighted by molar-refractivity contribution is 5.77. The predicted octanol–water partition coefficient (Wildman–Crippen LogP) is 5.15. The van der Waals surface area contributed by atoms with Gasteiger partial charge in [0.25, 0.3) is 5.79 Å². The van der Waals surface area contributed by atoms with Crippen molar-refractivity contribution in [2.45, 2.75) is 210 Å². The number of ether oxygens (including phenoxy) is 4. The van der Waals surface area contributed by atoms with Crippen LogP contribution in [0.25, 0.3) is 0 Å². The highest BCUT2D eigenvalue weighted by atomic mass is 16.7. The van der Waals surface area contributed by atoms with Crippen LogP contribution in [0.3, 0.4) is 0 Å². The first-order valence-corrected chi connectivity index (χ1v) is 20.9. The minimum atomic E-state index is -2.90. The van der Waals surface area contributed by atoms with Crippen LogP contribution in [0.2, 0.25) is 0 Å². The van der Waals surface area contributed by atoms with Gasteiger partial charge in [0.1, 0.15) is 36.6 Å². The summed E-state index contributed by atoms with van der Waals surface area (Å²) >= 11 is 0. The molecule has 0 bridgehead atoms. The van der Waals surface area contributed by atoms with Crippen LogP contribution in [0.1, 0.15) is 162 Å². The lowest BCUT2D eigenvalue weighted by Gasteiger charge is -2.49. The van der Waals surface area contributed by atoms with Gasteiger partial charge < -0.3 is 54.9 Å². The van der Waals surface area contributed by atoms with Crippen LogP contribution in [0.15, 0.2) is 0 Å². The van der Waals surface area contributed by atoms with E-state index in [2.05, 4.69) is 19.2 Å². The van der Waals surface area contributed by atoms with Crippen LogP contribution in [-0.2, 0) is 28.5 Å². The van der Waals surface area contributed by atoms with E-state index in [1.165, 1.54) is 96.3 Å². The summed E-state index contributed by atoms with van der Waals surface area (Å²) in [5, 5.41) is 64.9. The Morgan fingerprint density at radius 3 is 1.60 bits per heavy atom. The Kier molecular flexibility index (Phi) is 28.8. The maximum Gasteiger partial charge on any atom is 0.367 e. The number of aliphatic carboxylic acids is 1. The molecule has 8 atom stereocenters. The topological polar surface area (TPSA) is 204 Å². The van der Waals surface area contributed by atoms with Crippen LogP contribution in [0, 0.1) is 0 Å². The maximum absolute atomic E-state index is 12.7. The van der Waals surface area contributed by atoms with Crippen molar-refractivity contribution in [1.82, 2.24) is 5.32 Å². The van der Waals surface area contributed by atoms with Gasteiger partial charge in [-0.3, -0.25) is 4.79 Å². The second kappa shape index (κ2) is 30.8. The number of unbranched alkanes of at least 4 members (excludes halogenated alkanes) is 20. The number of aliphatic hydroxyl groups excluding tert-OH is 5. The third kappa shape index (κ3) is 20.4. The lowest BCUT2D eigenvalue weighted by Crippen LogP contribution is -2.74. The van der Waals surface area contributed by atoms with E-state index in [1.54, 1.807) is 0 Å². The van der Waals surface area contributed by atoms with Crippen molar-refractivity contribution in [3.63, 3.8) is 0 Å². The first kappa shape index (κ1) is 49.6. The zero-order valence-electron chi connectivity index (χ0n) is 33.3. The smallest absolute Gasteiger partial charge is 0.367 e. The number of nitrogens with one attached hydrogen (secondary N) is 1. The van der Waals surface area contributed by atoms with Gasteiger partial charge in [-0.1, -0.05) is 142 Å². The molecule has 0 aliphatic carbocycles. The summed E-state index contributed by atoms with van der Waals surface area (Å²) in [5.74, 6) is -5.37. The number of carbonyl (C=O) groups is 2. The molecule has 1 aliphatic rings. The summed E-state index contributed by atoms with van der Waals surface area (Å²) in [6.07, 6.45) is 15.8. The van der Waals surface area contributed by atoms with Gasteiger partial charge in [0.05, 0.1) is 25.9 Å². The quantitative estimate of drug-likeness (QED) is 0.0419. The molecule has 314 valence electrons. The molecular formula is C40H77NO12. The fourth-order valence-corrected chi connectivity index (χ4v) is 6.79. The molecule has 1 saturated heterocycles. The molecule has 1 amide bonds. The number of carbonyl (C=O) groups excluding carboxylic acids is 1. The Labute approximate surface area is 319 Å². The number of carboxylic acid groups (broad SMARTS) is 1. The number of amides is 1. The van der Waals surface area contributed by atoms with Gasteiger partial charge in [-0.15, -0.1) is 0 Å². The summed E-state index contributed by atoms with van der Waals surface area (Å²) < 4.78 is 23.4. The van der Waals surface area contributed by atoms with Crippen LogP contribution in [0.4, 0.5) is 0 Å². The minimum absolute atomic E-state index is 0.0912. The fraction of sp³-hybridized carbons (Fsp3) is 0.950. The Morgan fingerprint density at radius 1 is 0.717 bits per heavy atom. The van der Waals surface area contributed by atoms with Crippen LogP contribution >= 0.6 is 0 Å². The van der Waals surface area contributed by atoms with Crippen LogP contribution in [-0.4, -0.2) is 124 Å². The molecule has 0 aromatic carbocycles. The lowest BCUT2D eigenvalue weighted by molar-refractivity contribution is -0.351. The lowest BCUT2D eigenvalue weighted by atomic mass is 9.86. The molecule has 53 heavy (non-hydrogen) atoms. The van der Waals surface area contributed by atoms with E-state index >= 15 is 0 Å². The third-order valence-electron chi connectivity index (χ3n) is 10.1. The Balaban J connectivity index is 2.77. The monoisotopic (exact) mass is 764 g/mol. The van der Waals surface area contributed by atoms with Gasteiger partial charge >= 0.3 is 5.97 Å². The molecule has 1 rings (SSSR count). The molecule has 0 radical (unpaired) electrons. The molecule has 0 unspecified atom stereocenters. The highest BCUT2D eigenvalue weighted by Crippen LogP contribution is 2.34. The number of carboxylic acids is 1. The molecule has 0 aromatic rings. The molecule has 1 aliphatic heterocycles. The number of hydrogen-bond donors (Lipinski definition) is 7. The number of rotatable bonds is 35. The van der Waals surface area contributed by atoms with Gasteiger partial charge in [-0.05, 0) is 12.8 Å². The van der Waals surface area contributed by atoms with Gasteiger partial charge in [-0.2, -0.15) is 0 Å². The van der Waals surface area contributed by atoms with Gasteiger partial charge in [-0.25, -0.2) is 4.79 Å². The molecular weight excluding hydrogens is 686 g/mol. The van der Waals surface area contributed by atoms with Crippen molar-refractivity contribution >= 4 is 11.9 Å². The van der Waals surface area contributed by atoms with Crippen molar-refractivity contribution in [2.75, 3.05) is 33.0 Å². The summed E-state index contributed by atoms with van der Waals surface area (Å²) in [6, 6.07) is -1.53. The van der Waals surface area contributed by atoms with E-state index in [0.29, 0.717) is 13.2 Å². The van der Waals surface area contributed by atoms with Gasteiger partial charge in [0.15, 0.2) is 0 Å². The standard InChI is InChI=1S/C40H77NO12/c1-4-6-8-10-12-14-16-17-18-20-22-24-26-50-29-32(51-27-25-23-21-19-15-13-11-9-7-5-2)30-52-40(39(48)49)38(47)36(46)34(41-31(3)43)37(53-40)35(45)33(44)28-42/h32-38,42,44-47H,4-30H2,1-3H3,(H,41,43)(H,48,49)/t32-,33-,34-,35-,36-,37-,38+,40+/m1/s1. The molecule has 13 heteroatoms. The van der Waals surface area contributed by atoms with Crippen LogP contribution in [0.5, 0.6) is 0 Å². The first-order chi connectivity index (χ1) is 25.5. The van der Waals surface area contributed by atoms with E-state index in [4.69, 9.17) is 18.9 Å². The highest BCUT2D eigenvalue weighted by Gasteiger charge is 2.62. The molecule has 0 saturated carbocycles. The van der Waals surface area contributed by atoms with Crippen molar-refractivity contribution in [3.8, 4) is 0 Å². The fourth-order valence-electron chi connectivity index (χ4n) is 6.79. The van der Waals surface area contributed by atoms with E-state index in [1.807, 2.05) is 0 Å². The Bertz CT molecular complexity index is 913. The molecule has 0 spiro atoms. The molecule has 13 nitrogen and oxygen atoms in total. The summed E-state index contributed by atoms with van der Waals surface area (Å²) in [5.41, 5.74) is 0. The number of hydrogen-bond acceptors (Lipinski definition) is 11. The second-order valence-corrected chi connectivity index (χ2v) is 14.9. The molecule has 0 aromatic heterocycles. The van der Waals surface area contributed by atoms with Crippen molar-refractivity contribution in [3.05, 3.63) is 0 Å². The second-order valence-electron chi connectivity index (χ2n) is 14.9. The number of aliphatic hydroxyl groups is 5. The van der Waals surface area contributed by atoms with Crippen molar-refractivity contribution in [1.29, 1.82) is 0 Å². The van der Waals surface area contributed by atoms with E-state index in [-0.39, 0.29) is 6.61 Å². The summed E-state index contributed by atoms with van der Waals surface area (Å²) in [7, 11) is 0. The first-order valence-electron chi connectivity index (χ1n) is 20.9. The Hall–Kier alpha value is -1.42. The van der Waals surface area contributed by atoms with Crippen molar-refractivity contribution < 1.29 is 59.2 Å². The summed E-state index contributed by atoms with van der Waals surface area (Å²) in [4.78, 5) is 24.5. The van der Waals surface area contributed by atoms with E-state index in [9.17, 15) is 40.2 Å². The van der Waals surface area contributed by atoms with Crippen LogP contribution < -0.4 is 5.32 Å². The molecule has 1 fully saturated rings. The van der Waals surface area contributed by atoms with Gasteiger partial charge in [0, 0.05) is 20.1 Å². The molecule has 1 heterocycles. The minimum Gasteiger partial charge on any atom is -0.477 e. The SMILES string of the molecule is CCCCCCCCCCCCCCOC[C@H](CO[C@]1(C(=O)O)O[C@@H]([C@H](O)[C@H](O)CO)[C@H](NC(C)=O)[C@@H](O)[C@@H]1O)OCCCCCCCCCCCC. The molecule has 7 N–H and O–H groups in total.